The van der Waals surface area contributed by atoms with E-state index >= 15 is 0 Å². The number of hydrogen-bond donors (Lipinski definition) is 1. The molecule has 0 amide bonds. The van der Waals surface area contributed by atoms with E-state index < -0.39 is 0 Å². The molecule has 0 saturated carbocycles. The first-order chi connectivity index (χ1) is 26.8. The van der Waals surface area contributed by atoms with E-state index in [2.05, 4.69) is 122 Å². The van der Waals surface area contributed by atoms with Crippen LogP contribution < -0.4 is 4.74 Å². The van der Waals surface area contributed by atoms with Crippen molar-refractivity contribution in [2.75, 3.05) is 0 Å². The number of ether oxygens (including phenoxy) is 1. The van der Waals surface area contributed by atoms with Crippen LogP contribution in [0.1, 0.15) is 26.3 Å². The molecular weight excluding hydrogens is 870 g/mol. The number of nitrogens with zero attached hydrogens (tertiary/aromatic N) is 3. The predicted molar refractivity (Wildman–Crippen MR) is 224 cm³/mol. The second kappa shape index (κ2) is 12.6. The van der Waals surface area contributed by atoms with Crippen molar-refractivity contribution >= 4 is 54.3 Å². The molecule has 4 heterocycles. The van der Waals surface area contributed by atoms with Crippen LogP contribution in [0.2, 0.25) is 0 Å². The molecule has 272 valence electrons. The van der Waals surface area contributed by atoms with Crippen LogP contribution in [0.25, 0.3) is 93.6 Å². The fourth-order valence-electron chi connectivity index (χ4n) is 8.47. The van der Waals surface area contributed by atoms with Gasteiger partial charge in [-0.2, -0.15) is 0 Å². The van der Waals surface area contributed by atoms with E-state index in [0.29, 0.717) is 10.9 Å². The minimum Gasteiger partial charge on any atom is -0.506 e. The predicted octanol–water partition coefficient (Wildman–Crippen LogP) is 12.9. The first-order valence-corrected chi connectivity index (χ1v) is 18.6. The smallest absolute Gasteiger partial charge is 0.160 e. The number of aromatic nitrogens is 3. The molecule has 0 unspecified atom stereocenters. The van der Waals surface area contributed by atoms with Gasteiger partial charge >= 0.3 is 0 Å². The molecule has 6 heteroatoms. The van der Waals surface area contributed by atoms with E-state index in [9.17, 15) is 5.11 Å². The molecule has 11 rings (SSSR count). The van der Waals surface area contributed by atoms with Gasteiger partial charge in [0.05, 0.1) is 27.5 Å². The maximum atomic E-state index is 12.7. The van der Waals surface area contributed by atoms with E-state index in [4.69, 9.17) is 14.7 Å². The monoisotopic (exact) mass is 903 g/mol. The molecule has 0 bridgehead atoms. The Bertz CT molecular complexity index is 3230. The van der Waals surface area contributed by atoms with Gasteiger partial charge in [0.25, 0.3) is 0 Å². The number of phenolic OH excluding ortho intramolecular Hbond substituents is 1. The van der Waals surface area contributed by atoms with Crippen molar-refractivity contribution in [2.24, 2.45) is 0 Å². The zero-order chi connectivity index (χ0) is 37.0. The second-order valence-corrected chi connectivity index (χ2v) is 15.5. The van der Waals surface area contributed by atoms with Crippen molar-refractivity contribution in [1.82, 2.24) is 14.5 Å². The van der Waals surface area contributed by atoms with Crippen molar-refractivity contribution < 1.29 is 30.9 Å². The summed E-state index contributed by atoms with van der Waals surface area (Å²) < 4.78 is 9.14. The SMILES string of the molecule is CC(C)(C)c1cc(-c2cc(-c3ccccc3)ccn2)[c-]c(-c2ccc3c4ccccc4c4c5c6c(c(O)c4c3n2)c2ccccc2n6-c2ccccc2O5)c1.[Pt]. The molecule has 0 spiro atoms. The van der Waals surface area contributed by atoms with Gasteiger partial charge in [0, 0.05) is 54.8 Å². The summed E-state index contributed by atoms with van der Waals surface area (Å²) >= 11 is 0. The maximum Gasteiger partial charge on any atom is 0.160 e. The topological polar surface area (TPSA) is 60.2 Å². The molecule has 1 aliphatic rings. The molecule has 0 atom stereocenters. The third kappa shape index (κ3) is 5.04. The van der Waals surface area contributed by atoms with Crippen LogP contribution in [0, 0.1) is 6.07 Å². The van der Waals surface area contributed by atoms with Crippen LogP contribution in [0.5, 0.6) is 17.2 Å². The molecule has 0 radical (unpaired) electrons. The molecule has 0 fully saturated rings. The second-order valence-electron chi connectivity index (χ2n) is 15.5. The minimum atomic E-state index is -0.149. The van der Waals surface area contributed by atoms with Crippen molar-refractivity contribution in [3.63, 3.8) is 0 Å². The quantitative estimate of drug-likeness (QED) is 0.142. The van der Waals surface area contributed by atoms with Crippen LogP contribution in [0.4, 0.5) is 0 Å². The molecule has 0 aliphatic carbocycles. The summed E-state index contributed by atoms with van der Waals surface area (Å²) in [5.74, 6) is 1.68. The van der Waals surface area contributed by atoms with E-state index in [0.717, 1.165) is 99.7 Å². The summed E-state index contributed by atoms with van der Waals surface area (Å²) in [6, 6.07) is 51.6. The number of para-hydroxylation sites is 3. The number of pyridine rings is 2. The first kappa shape index (κ1) is 34.2. The molecule has 10 aromatic rings. The Morgan fingerprint density at radius 3 is 2.12 bits per heavy atom. The Hall–Kier alpha value is -6.29. The summed E-state index contributed by atoms with van der Waals surface area (Å²) in [5.41, 5.74) is 10.1. The number of aromatic hydroxyl groups is 1. The minimum absolute atomic E-state index is 0. The van der Waals surface area contributed by atoms with E-state index in [-0.39, 0.29) is 32.2 Å². The van der Waals surface area contributed by atoms with Crippen molar-refractivity contribution in [2.45, 2.75) is 26.2 Å². The number of benzene rings is 7. The zero-order valence-electron chi connectivity index (χ0n) is 30.9. The molecule has 7 aromatic carbocycles. The van der Waals surface area contributed by atoms with Gasteiger partial charge in [-0.25, -0.2) is 0 Å². The number of rotatable bonds is 3. The van der Waals surface area contributed by atoms with Gasteiger partial charge in [-0.3, -0.25) is 9.97 Å². The fraction of sp³-hybridized carbons (Fsp3) is 0.0800. The van der Waals surface area contributed by atoms with Crippen LogP contribution in [-0.2, 0) is 26.5 Å². The summed E-state index contributed by atoms with van der Waals surface area (Å²) in [6.45, 7) is 6.67. The largest absolute Gasteiger partial charge is 0.506 e. The average Bonchev–Trinajstić information content (AvgIpc) is 3.58. The zero-order valence-corrected chi connectivity index (χ0v) is 33.1. The van der Waals surface area contributed by atoms with Gasteiger partial charge < -0.3 is 14.4 Å². The molecule has 3 aromatic heterocycles. The molecule has 5 nitrogen and oxygen atoms in total. The van der Waals surface area contributed by atoms with Gasteiger partial charge in [-0.15, -0.1) is 23.8 Å². The van der Waals surface area contributed by atoms with Crippen LogP contribution >= 0.6 is 0 Å². The average molecular weight is 904 g/mol. The van der Waals surface area contributed by atoms with Gasteiger partial charge in [-0.05, 0) is 51.6 Å². The van der Waals surface area contributed by atoms with Gasteiger partial charge in [-0.1, -0.05) is 135 Å². The van der Waals surface area contributed by atoms with Gasteiger partial charge in [0.15, 0.2) is 11.5 Å². The van der Waals surface area contributed by atoms with E-state index in [1.807, 2.05) is 54.7 Å². The first-order valence-electron chi connectivity index (χ1n) is 18.6. The molecule has 56 heavy (non-hydrogen) atoms. The fourth-order valence-corrected chi connectivity index (χ4v) is 8.47. The Kier molecular flexibility index (Phi) is 7.71. The normalized spacial score (nSPS) is 12.3. The number of phenols is 1. The van der Waals surface area contributed by atoms with E-state index in [1.54, 1.807) is 0 Å². The Morgan fingerprint density at radius 1 is 0.625 bits per heavy atom. The van der Waals surface area contributed by atoms with Crippen LogP contribution in [0.3, 0.4) is 0 Å². The summed E-state index contributed by atoms with van der Waals surface area (Å²) in [4.78, 5) is 10.3. The third-order valence-corrected chi connectivity index (χ3v) is 11.1. The number of hydrogen-bond acceptors (Lipinski definition) is 4. The third-order valence-electron chi connectivity index (χ3n) is 11.1. The number of fused-ring (bicyclic) bond motifs is 12. The van der Waals surface area contributed by atoms with Crippen LogP contribution in [-0.4, -0.2) is 19.6 Å². The van der Waals surface area contributed by atoms with Gasteiger partial charge in [0.1, 0.15) is 11.3 Å². The summed E-state index contributed by atoms with van der Waals surface area (Å²) in [5, 5.41) is 18.9. The maximum absolute atomic E-state index is 12.7. The van der Waals surface area contributed by atoms with Crippen LogP contribution in [0.15, 0.2) is 146 Å². The molecular formula is C50H34N3O2Pt-. The molecule has 0 saturated heterocycles. The van der Waals surface area contributed by atoms with E-state index in [1.165, 1.54) is 0 Å². The Morgan fingerprint density at radius 2 is 1.32 bits per heavy atom. The standard InChI is InChI=1S/C50H34N3O2.Pt/c1-50(2,3)33-26-31(25-32(27-33)39-28-30(23-24-51-39)29-13-5-4-6-14-29)38-22-21-36-34-15-7-8-16-35(34)43-45(46(36)52-38)48(54)44-37-17-9-10-18-40(37)53-41-19-11-12-20-42(41)55-49(43)47(44)53;/h4-24,26-28,54H,1-3H3;/q-1;. The van der Waals surface area contributed by atoms with Crippen molar-refractivity contribution in [3.05, 3.63) is 157 Å². The Labute approximate surface area is 338 Å². The molecule has 1 N–H and O–H groups in total. The summed E-state index contributed by atoms with van der Waals surface area (Å²) in [7, 11) is 0. The Balaban J connectivity index is 0.00000384. The van der Waals surface area contributed by atoms with Crippen molar-refractivity contribution in [3.8, 4) is 56.6 Å². The van der Waals surface area contributed by atoms with Crippen molar-refractivity contribution in [1.29, 1.82) is 0 Å². The van der Waals surface area contributed by atoms with Gasteiger partial charge in [0.2, 0.25) is 0 Å². The summed E-state index contributed by atoms with van der Waals surface area (Å²) in [6.07, 6.45) is 1.87. The molecule has 1 aliphatic heterocycles.